The average Bonchev–Trinajstić information content (AvgIpc) is 2.53. The number of hydrogen-bond donors (Lipinski definition) is 0. The van der Waals surface area contributed by atoms with Crippen molar-refractivity contribution >= 4 is 11.9 Å². The van der Waals surface area contributed by atoms with Crippen molar-refractivity contribution in [2.45, 2.75) is 39.7 Å². The van der Waals surface area contributed by atoms with E-state index in [1.165, 1.54) is 0 Å². The van der Waals surface area contributed by atoms with E-state index >= 15 is 0 Å². The lowest BCUT2D eigenvalue weighted by atomic mass is 9.93. The number of aromatic nitrogens is 2. The SMILES string of the molecule is CN(C(=O)C(C)(C)C)C1CCN(c2nccc(C#N)n2)CC1. The van der Waals surface area contributed by atoms with Crippen LogP contribution in [0.1, 0.15) is 39.3 Å². The topological polar surface area (TPSA) is 73.1 Å². The highest BCUT2D eigenvalue weighted by atomic mass is 16.2. The highest BCUT2D eigenvalue weighted by Crippen LogP contribution is 2.24. The minimum absolute atomic E-state index is 0.175. The summed E-state index contributed by atoms with van der Waals surface area (Å²) in [5, 5.41) is 8.91. The molecule has 0 spiro atoms. The van der Waals surface area contributed by atoms with Crippen molar-refractivity contribution in [1.82, 2.24) is 14.9 Å². The number of rotatable bonds is 2. The van der Waals surface area contributed by atoms with Gasteiger partial charge in [0.2, 0.25) is 11.9 Å². The van der Waals surface area contributed by atoms with E-state index in [0.717, 1.165) is 25.9 Å². The van der Waals surface area contributed by atoms with E-state index in [0.29, 0.717) is 11.6 Å². The Morgan fingerprint density at radius 3 is 2.59 bits per heavy atom. The molecular formula is C16H23N5O. The first-order chi connectivity index (χ1) is 10.3. The summed E-state index contributed by atoms with van der Waals surface area (Å²) in [6.07, 6.45) is 3.39. The second-order valence-corrected chi connectivity index (χ2v) is 6.74. The number of hydrogen-bond acceptors (Lipinski definition) is 5. The number of anilines is 1. The maximum Gasteiger partial charge on any atom is 0.227 e. The summed E-state index contributed by atoms with van der Waals surface area (Å²) in [4.78, 5) is 24.8. The fraction of sp³-hybridized carbons (Fsp3) is 0.625. The molecule has 1 aliphatic heterocycles. The van der Waals surface area contributed by atoms with Crippen LogP contribution < -0.4 is 4.90 Å². The van der Waals surface area contributed by atoms with Crippen molar-refractivity contribution in [1.29, 1.82) is 5.26 Å². The van der Waals surface area contributed by atoms with Crippen LogP contribution in [0.5, 0.6) is 0 Å². The van der Waals surface area contributed by atoms with Crippen molar-refractivity contribution in [3.8, 4) is 6.07 Å². The van der Waals surface area contributed by atoms with Gasteiger partial charge in [-0.2, -0.15) is 5.26 Å². The Kier molecular flexibility index (Phi) is 4.65. The quantitative estimate of drug-likeness (QED) is 0.833. The zero-order valence-electron chi connectivity index (χ0n) is 13.7. The molecule has 1 aliphatic rings. The van der Waals surface area contributed by atoms with Gasteiger partial charge in [0.15, 0.2) is 0 Å². The zero-order valence-corrected chi connectivity index (χ0v) is 13.7. The summed E-state index contributed by atoms with van der Waals surface area (Å²) in [7, 11) is 1.89. The first kappa shape index (κ1) is 16.2. The first-order valence-corrected chi connectivity index (χ1v) is 7.58. The lowest BCUT2D eigenvalue weighted by Crippen LogP contribution is -2.49. The van der Waals surface area contributed by atoms with Gasteiger partial charge in [-0.3, -0.25) is 4.79 Å². The molecule has 1 amide bonds. The van der Waals surface area contributed by atoms with Crippen molar-refractivity contribution in [3.63, 3.8) is 0 Å². The lowest BCUT2D eigenvalue weighted by Gasteiger charge is -2.39. The number of carbonyl (C=O) groups is 1. The van der Waals surface area contributed by atoms with Crippen LogP contribution in [0.3, 0.4) is 0 Å². The molecule has 1 aromatic rings. The number of nitrogens with zero attached hydrogens (tertiary/aromatic N) is 5. The Balaban J connectivity index is 1.98. The summed E-state index contributed by atoms with van der Waals surface area (Å²) in [6, 6.07) is 3.89. The molecule has 1 saturated heterocycles. The van der Waals surface area contributed by atoms with E-state index in [1.807, 2.05) is 38.8 Å². The fourth-order valence-corrected chi connectivity index (χ4v) is 2.71. The summed E-state index contributed by atoms with van der Waals surface area (Å²) in [5.74, 6) is 0.774. The Morgan fingerprint density at radius 1 is 1.41 bits per heavy atom. The molecule has 6 nitrogen and oxygen atoms in total. The minimum Gasteiger partial charge on any atom is -0.342 e. The molecule has 0 aliphatic carbocycles. The monoisotopic (exact) mass is 301 g/mol. The average molecular weight is 301 g/mol. The third kappa shape index (κ3) is 3.53. The molecule has 0 radical (unpaired) electrons. The highest BCUT2D eigenvalue weighted by Gasteiger charge is 2.31. The molecule has 1 fully saturated rings. The van der Waals surface area contributed by atoms with Crippen molar-refractivity contribution in [2.24, 2.45) is 5.41 Å². The molecular weight excluding hydrogens is 278 g/mol. The van der Waals surface area contributed by atoms with Gasteiger partial charge in [0.05, 0.1) is 0 Å². The van der Waals surface area contributed by atoms with Crippen LogP contribution in [0, 0.1) is 16.7 Å². The minimum atomic E-state index is -0.351. The van der Waals surface area contributed by atoms with Gasteiger partial charge in [0.25, 0.3) is 0 Å². The van der Waals surface area contributed by atoms with Gasteiger partial charge in [-0.15, -0.1) is 0 Å². The molecule has 0 unspecified atom stereocenters. The predicted molar refractivity (Wildman–Crippen MR) is 84.2 cm³/mol. The third-order valence-corrected chi connectivity index (χ3v) is 4.01. The van der Waals surface area contributed by atoms with E-state index in [9.17, 15) is 4.79 Å². The molecule has 0 saturated carbocycles. The van der Waals surface area contributed by atoms with Gasteiger partial charge in [-0.25, -0.2) is 9.97 Å². The van der Waals surface area contributed by atoms with Gasteiger partial charge in [-0.1, -0.05) is 20.8 Å². The Labute approximate surface area is 131 Å². The molecule has 0 bridgehead atoms. The molecule has 118 valence electrons. The van der Waals surface area contributed by atoms with E-state index in [-0.39, 0.29) is 17.4 Å². The Morgan fingerprint density at radius 2 is 2.05 bits per heavy atom. The Hall–Kier alpha value is -2.16. The van der Waals surface area contributed by atoms with E-state index in [2.05, 4.69) is 14.9 Å². The summed E-state index contributed by atoms with van der Waals surface area (Å²) in [5.41, 5.74) is 0.0306. The molecule has 2 rings (SSSR count). The number of amides is 1. The molecule has 22 heavy (non-hydrogen) atoms. The number of piperidine rings is 1. The van der Waals surface area contributed by atoms with Crippen LogP contribution in [0.25, 0.3) is 0 Å². The summed E-state index contributed by atoms with van der Waals surface area (Å²) < 4.78 is 0. The molecule has 0 aromatic carbocycles. The summed E-state index contributed by atoms with van der Waals surface area (Å²) >= 11 is 0. The zero-order chi connectivity index (χ0) is 16.3. The largest absolute Gasteiger partial charge is 0.342 e. The molecule has 6 heteroatoms. The van der Waals surface area contributed by atoms with Crippen molar-refractivity contribution < 1.29 is 4.79 Å². The molecule has 0 N–H and O–H groups in total. The van der Waals surface area contributed by atoms with Crippen molar-refractivity contribution in [3.05, 3.63) is 18.0 Å². The van der Waals surface area contributed by atoms with E-state index in [1.54, 1.807) is 12.3 Å². The molecule has 1 aromatic heterocycles. The van der Waals surface area contributed by atoms with Gasteiger partial charge in [0.1, 0.15) is 11.8 Å². The van der Waals surface area contributed by atoms with Gasteiger partial charge in [0, 0.05) is 37.8 Å². The van der Waals surface area contributed by atoms with E-state index < -0.39 is 0 Å². The smallest absolute Gasteiger partial charge is 0.227 e. The second-order valence-electron chi connectivity index (χ2n) is 6.74. The Bertz CT molecular complexity index is 579. The lowest BCUT2D eigenvalue weighted by molar-refractivity contribution is -0.140. The highest BCUT2D eigenvalue weighted by molar-refractivity contribution is 5.81. The van der Waals surface area contributed by atoms with Crippen molar-refractivity contribution in [2.75, 3.05) is 25.0 Å². The first-order valence-electron chi connectivity index (χ1n) is 7.58. The van der Waals surface area contributed by atoms with Crippen LogP contribution in [0.4, 0.5) is 5.95 Å². The van der Waals surface area contributed by atoms with E-state index in [4.69, 9.17) is 5.26 Å². The number of carbonyl (C=O) groups excluding carboxylic acids is 1. The normalized spacial score (nSPS) is 16.2. The summed E-state index contributed by atoms with van der Waals surface area (Å²) in [6.45, 7) is 7.43. The molecule has 2 heterocycles. The fourth-order valence-electron chi connectivity index (χ4n) is 2.71. The van der Waals surface area contributed by atoms with Crippen LogP contribution in [-0.4, -0.2) is 47.0 Å². The van der Waals surface area contributed by atoms with Crippen LogP contribution in [-0.2, 0) is 4.79 Å². The second kappa shape index (κ2) is 6.30. The number of nitriles is 1. The third-order valence-electron chi connectivity index (χ3n) is 4.01. The van der Waals surface area contributed by atoms with Crippen LogP contribution in [0.2, 0.25) is 0 Å². The predicted octanol–water partition coefficient (Wildman–Crippen LogP) is 1.82. The van der Waals surface area contributed by atoms with Crippen LogP contribution >= 0.6 is 0 Å². The molecule has 0 atom stereocenters. The van der Waals surface area contributed by atoms with Gasteiger partial charge in [-0.05, 0) is 18.9 Å². The van der Waals surface area contributed by atoms with Gasteiger partial charge < -0.3 is 9.80 Å². The maximum atomic E-state index is 12.4. The van der Waals surface area contributed by atoms with Gasteiger partial charge >= 0.3 is 0 Å². The van der Waals surface area contributed by atoms with Crippen LogP contribution in [0.15, 0.2) is 12.3 Å². The standard InChI is InChI=1S/C16H23N5O/c1-16(2,3)14(22)20(4)13-6-9-21(10-7-13)15-18-8-5-12(11-17)19-15/h5,8,13H,6-7,9-10H2,1-4H3. The maximum absolute atomic E-state index is 12.4.